The van der Waals surface area contributed by atoms with Crippen molar-refractivity contribution in [3.05, 3.63) is 32.9 Å². The second-order valence-electron chi connectivity index (χ2n) is 1.49. The van der Waals surface area contributed by atoms with Gasteiger partial charge in [-0.15, -0.1) is 0 Å². The second-order valence-corrected chi connectivity index (χ2v) is 2.35. The van der Waals surface area contributed by atoms with E-state index in [0.29, 0.717) is 4.47 Å². The van der Waals surface area contributed by atoms with Gasteiger partial charge >= 0.3 is 0 Å². The van der Waals surface area contributed by atoms with Crippen LogP contribution in [0.2, 0.25) is 0 Å². The summed E-state index contributed by atoms with van der Waals surface area (Å²) >= 11 is 2.92. The molecule has 1 aromatic rings. The molecule has 1 N–H and O–H groups in total. The Morgan fingerprint density at radius 3 is 2.78 bits per heavy atom. The SMILES string of the molecule is O=c1cc(F)[nH]cc1Br. The highest BCUT2D eigenvalue weighted by atomic mass is 79.9. The average molecular weight is 192 g/mol. The van der Waals surface area contributed by atoms with Crippen LogP contribution >= 0.6 is 15.9 Å². The van der Waals surface area contributed by atoms with Gasteiger partial charge in [0.05, 0.1) is 4.47 Å². The van der Waals surface area contributed by atoms with Gasteiger partial charge in [-0.3, -0.25) is 4.79 Å². The highest BCUT2D eigenvalue weighted by molar-refractivity contribution is 9.10. The van der Waals surface area contributed by atoms with Crippen LogP contribution < -0.4 is 5.43 Å². The summed E-state index contributed by atoms with van der Waals surface area (Å²) in [5.41, 5.74) is -0.355. The van der Waals surface area contributed by atoms with Gasteiger partial charge in [-0.1, -0.05) is 0 Å². The molecule has 0 aliphatic heterocycles. The molecule has 0 radical (unpaired) electrons. The van der Waals surface area contributed by atoms with E-state index < -0.39 is 5.95 Å². The lowest BCUT2D eigenvalue weighted by molar-refractivity contribution is 0.581. The van der Waals surface area contributed by atoms with Crippen molar-refractivity contribution in [2.24, 2.45) is 0 Å². The van der Waals surface area contributed by atoms with Crippen LogP contribution in [-0.4, -0.2) is 4.98 Å². The van der Waals surface area contributed by atoms with Gasteiger partial charge < -0.3 is 4.98 Å². The zero-order valence-electron chi connectivity index (χ0n) is 4.32. The van der Waals surface area contributed by atoms with Gasteiger partial charge in [0.1, 0.15) is 0 Å². The zero-order chi connectivity index (χ0) is 6.85. The van der Waals surface area contributed by atoms with E-state index in [4.69, 9.17) is 0 Å². The number of hydrogen-bond donors (Lipinski definition) is 1. The molecular weight excluding hydrogens is 189 g/mol. The van der Waals surface area contributed by atoms with Gasteiger partial charge in [0.25, 0.3) is 0 Å². The van der Waals surface area contributed by atoms with Crippen molar-refractivity contribution in [2.75, 3.05) is 0 Å². The minimum atomic E-state index is -0.622. The fraction of sp³-hybridized carbons (Fsp3) is 0. The molecule has 0 atom stereocenters. The van der Waals surface area contributed by atoms with E-state index in [1.54, 1.807) is 0 Å². The van der Waals surface area contributed by atoms with E-state index in [0.717, 1.165) is 6.07 Å². The average Bonchev–Trinajstić information content (AvgIpc) is 1.80. The normalized spacial score (nSPS) is 9.56. The summed E-state index contributed by atoms with van der Waals surface area (Å²) in [6.45, 7) is 0. The van der Waals surface area contributed by atoms with E-state index >= 15 is 0 Å². The smallest absolute Gasteiger partial charge is 0.198 e. The fourth-order valence-electron chi connectivity index (χ4n) is 0.429. The van der Waals surface area contributed by atoms with Crippen LogP contribution in [0.5, 0.6) is 0 Å². The third-order valence-electron chi connectivity index (χ3n) is 0.830. The molecule has 0 saturated carbocycles. The first kappa shape index (κ1) is 6.48. The highest BCUT2D eigenvalue weighted by Gasteiger charge is 1.93. The molecule has 0 saturated heterocycles. The van der Waals surface area contributed by atoms with Gasteiger partial charge in [0, 0.05) is 12.3 Å². The highest BCUT2D eigenvalue weighted by Crippen LogP contribution is 1.98. The van der Waals surface area contributed by atoms with E-state index in [9.17, 15) is 9.18 Å². The Bertz CT molecular complexity index is 270. The summed E-state index contributed by atoms with van der Waals surface area (Å²) in [5.74, 6) is -0.622. The Balaban J connectivity index is 3.34. The number of pyridine rings is 1. The summed E-state index contributed by atoms with van der Waals surface area (Å²) in [4.78, 5) is 12.8. The molecule has 0 aliphatic carbocycles. The number of aromatic amines is 1. The molecule has 0 spiro atoms. The number of H-pyrrole nitrogens is 1. The van der Waals surface area contributed by atoms with Crippen LogP contribution in [0, 0.1) is 5.95 Å². The molecule has 0 bridgehead atoms. The molecule has 0 aromatic carbocycles. The summed E-state index contributed by atoms with van der Waals surface area (Å²) in [6.07, 6.45) is 1.26. The Morgan fingerprint density at radius 2 is 2.33 bits per heavy atom. The van der Waals surface area contributed by atoms with E-state index in [1.807, 2.05) is 0 Å². The number of nitrogens with one attached hydrogen (secondary N) is 1. The van der Waals surface area contributed by atoms with Crippen molar-refractivity contribution in [1.82, 2.24) is 4.98 Å². The molecule has 1 aromatic heterocycles. The first-order valence-corrected chi connectivity index (χ1v) is 3.03. The Hall–Kier alpha value is -0.640. The first-order chi connectivity index (χ1) is 4.20. The molecule has 9 heavy (non-hydrogen) atoms. The molecule has 48 valence electrons. The molecular formula is C5H3BrFNO. The van der Waals surface area contributed by atoms with Crippen LogP contribution in [0.15, 0.2) is 21.5 Å². The van der Waals surface area contributed by atoms with Crippen molar-refractivity contribution in [1.29, 1.82) is 0 Å². The van der Waals surface area contributed by atoms with Crippen molar-refractivity contribution < 1.29 is 4.39 Å². The lowest BCUT2D eigenvalue weighted by atomic mass is 10.5. The summed E-state index contributed by atoms with van der Waals surface area (Å²) in [5, 5.41) is 0. The minimum Gasteiger partial charge on any atom is -0.337 e. The minimum absolute atomic E-state index is 0.337. The third-order valence-corrected chi connectivity index (χ3v) is 1.45. The third kappa shape index (κ3) is 1.38. The van der Waals surface area contributed by atoms with E-state index in [1.165, 1.54) is 6.20 Å². The second kappa shape index (κ2) is 2.31. The van der Waals surface area contributed by atoms with Gasteiger partial charge in [0.2, 0.25) is 0 Å². The lowest BCUT2D eigenvalue weighted by Crippen LogP contribution is -2.01. The standard InChI is InChI=1S/C5H3BrFNO/c6-3-2-8-5(7)1-4(3)9/h1-2H,(H,8,9). The monoisotopic (exact) mass is 191 g/mol. The van der Waals surface area contributed by atoms with Crippen LogP contribution in [0.4, 0.5) is 4.39 Å². The van der Waals surface area contributed by atoms with Crippen LogP contribution in [0.1, 0.15) is 0 Å². The number of aromatic nitrogens is 1. The molecule has 0 fully saturated rings. The summed E-state index contributed by atoms with van der Waals surface area (Å²) in [6, 6.07) is 0.879. The number of hydrogen-bond acceptors (Lipinski definition) is 1. The van der Waals surface area contributed by atoms with Crippen LogP contribution in [0.25, 0.3) is 0 Å². The maximum absolute atomic E-state index is 12.1. The van der Waals surface area contributed by atoms with Gasteiger partial charge in [-0.2, -0.15) is 4.39 Å². The molecule has 0 unspecified atom stereocenters. The largest absolute Gasteiger partial charge is 0.337 e. The van der Waals surface area contributed by atoms with Gasteiger partial charge in [0.15, 0.2) is 11.4 Å². The van der Waals surface area contributed by atoms with Crippen molar-refractivity contribution >= 4 is 15.9 Å². The number of rotatable bonds is 0. The lowest BCUT2D eigenvalue weighted by Gasteiger charge is -1.86. The number of halogens is 2. The molecule has 0 amide bonds. The molecule has 2 nitrogen and oxygen atoms in total. The first-order valence-electron chi connectivity index (χ1n) is 2.24. The Morgan fingerprint density at radius 1 is 1.67 bits per heavy atom. The van der Waals surface area contributed by atoms with Crippen molar-refractivity contribution in [3.63, 3.8) is 0 Å². The maximum atomic E-state index is 12.1. The predicted octanol–water partition coefficient (Wildman–Crippen LogP) is 1.28. The fourth-order valence-corrected chi connectivity index (χ4v) is 0.658. The van der Waals surface area contributed by atoms with Gasteiger partial charge in [-0.05, 0) is 15.9 Å². The molecule has 0 aliphatic rings. The maximum Gasteiger partial charge on any atom is 0.198 e. The Kier molecular flexibility index (Phi) is 1.66. The Labute approximate surface area is 58.8 Å². The van der Waals surface area contributed by atoms with Crippen molar-refractivity contribution in [3.8, 4) is 0 Å². The molecule has 4 heteroatoms. The van der Waals surface area contributed by atoms with E-state index in [-0.39, 0.29) is 5.43 Å². The van der Waals surface area contributed by atoms with Crippen molar-refractivity contribution in [2.45, 2.75) is 0 Å². The predicted molar refractivity (Wildman–Crippen MR) is 34.7 cm³/mol. The molecule has 1 rings (SSSR count). The zero-order valence-corrected chi connectivity index (χ0v) is 5.90. The summed E-state index contributed by atoms with van der Waals surface area (Å²) < 4.78 is 12.4. The quantitative estimate of drug-likeness (QED) is 0.617. The summed E-state index contributed by atoms with van der Waals surface area (Å²) in [7, 11) is 0. The van der Waals surface area contributed by atoms with E-state index in [2.05, 4.69) is 20.9 Å². The van der Waals surface area contributed by atoms with Crippen LogP contribution in [-0.2, 0) is 0 Å². The molecule has 1 heterocycles. The topological polar surface area (TPSA) is 32.9 Å². The van der Waals surface area contributed by atoms with Gasteiger partial charge in [-0.25, -0.2) is 0 Å². The van der Waals surface area contributed by atoms with Crippen LogP contribution in [0.3, 0.4) is 0 Å².